The molecule has 6 heterocycles. The molecule has 3 aromatic heterocycles. The first-order valence-corrected chi connectivity index (χ1v) is 11.4. The van der Waals surface area contributed by atoms with Crippen LogP contribution < -0.4 is 4.90 Å². The standard InChI is InChI=1S/C20H23IN6O2/c21-16-9-18(25-11-13-4-5-14(12-25)29-13)23-20-15(16)10-22-27(20)17-6-7-26(24-17)19-3-1-2-8-28-19/h6-7,9-10,13-14,19H,1-5,8,11-12H2/t13-,14+,19?. The highest BCUT2D eigenvalue weighted by atomic mass is 127. The fourth-order valence-electron chi connectivity index (χ4n) is 4.62. The maximum Gasteiger partial charge on any atom is 0.177 e. The first kappa shape index (κ1) is 18.1. The molecule has 1 unspecified atom stereocenters. The molecule has 3 atom stereocenters. The molecule has 3 aromatic rings. The molecular formula is C20H23IN6O2. The minimum Gasteiger partial charge on any atom is -0.371 e. The van der Waals surface area contributed by atoms with Crippen LogP contribution in [0.2, 0.25) is 0 Å². The van der Waals surface area contributed by atoms with Gasteiger partial charge < -0.3 is 14.4 Å². The Hall–Kier alpha value is -1.72. The lowest BCUT2D eigenvalue weighted by Crippen LogP contribution is -2.43. The van der Waals surface area contributed by atoms with Crippen molar-refractivity contribution in [1.29, 1.82) is 0 Å². The highest BCUT2D eigenvalue weighted by Crippen LogP contribution is 2.32. The highest BCUT2D eigenvalue weighted by molar-refractivity contribution is 14.1. The second kappa shape index (κ2) is 7.21. The van der Waals surface area contributed by atoms with Gasteiger partial charge >= 0.3 is 0 Å². The molecule has 3 saturated heterocycles. The lowest BCUT2D eigenvalue weighted by molar-refractivity contribution is -0.0395. The van der Waals surface area contributed by atoms with Crippen molar-refractivity contribution in [2.24, 2.45) is 0 Å². The third kappa shape index (κ3) is 3.23. The molecule has 3 aliphatic rings. The van der Waals surface area contributed by atoms with E-state index >= 15 is 0 Å². The number of rotatable bonds is 3. The number of ether oxygens (including phenoxy) is 2. The van der Waals surface area contributed by atoms with E-state index in [4.69, 9.17) is 19.6 Å². The number of hydrogen-bond acceptors (Lipinski definition) is 6. The van der Waals surface area contributed by atoms with Gasteiger partial charge in [-0.3, -0.25) is 0 Å². The summed E-state index contributed by atoms with van der Waals surface area (Å²) in [4.78, 5) is 7.36. The van der Waals surface area contributed by atoms with Gasteiger partial charge in [0.15, 0.2) is 11.5 Å². The van der Waals surface area contributed by atoms with Crippen LogP contribution in [0.1, 0.15) is 38.3 Å². The van der Waals surface area contributed by atoms with Gasteiger partial charge in [-0.1, -0.05) is 0 Å². The first-order valence-electron chi connectivity index (χ1n) is 10.4. The number of anilines is 1. The van der Waals surface area contributed by atoms with Crippen molar-refractivity contribution in [2.45, 2.75) is 50.5 Å². The number of pyridine rings is 1. The zero-order valence-electron chi connectivity index (χ0n) is 16.1. The molecule has 8 nitrogen and oxygen atoms in total. The van der Waals surface area contributed by atoms with E-state index in [0.29, 0.717) is 12.2 Å². The van der Waals surface area contributed by atoms with E-state index in [2.05, 4.69) is 38.7 Å². The summed E-state index contributed by atoms with van der Waals surface area (Å²) in [6.07, 6.45) is 10.2. The Kier molecular flexibility index (Phi) is 4.49. The number of morpholine rings is 1. The Morgan fingerprint density at radius 3 is 2.72 bits per heavy atom. The summed E-state index contributed by atoms with van der Waals surface area (Å²) in [5, 5.41) is 10.4. The van der Waals surface area contributed by atoms with Crippen LogP contribution in [0, 0.1) is 3.57 Å². The van der Waals surface area contributed by atoms with Gasteiger partial charge in [0.05, 0.1) is 23.8 Å². The molecule has 0 aromatic carbocycles. The van der Waals surface area contributed by atoms with Gasteiger partial charge in [-0.15, -0.1) is 0 Å². The van der Waals surface area contributed by atoms with Crippen LogP contribution in [-0.4, -0.2) is 56.4 Å². The Morgan fingerprint density at radius 2 is 1.93 bits per heavy atom. The van der Waals surface area contributed by atoms with E-state index in [0.717, 1.165) is 71.6 Å². The highest BCUT2D eigenvalue weighted by Gasteiger charge is 2.34. The number of fused-ring (bicyclic) bond motifs is 3. The van der Waals surface area contributed by atoms with Crippen molar-refractivity contribution in [1.82, 2.24) is 24.5 Å². The third-order valence-corrected chi connectivity index (χ3v) is 7.00. The van der Waals surface area contributed by atoms with E-state index in [1.807, 2.05) is 27.8 Å². The normalized spacial score (nSPS) is 27.1. The molecule has 152 valence electrons. The Balaban J connectivity index is 1.36. The average Bonchev–Trinajstić information content (AvgIpc) is 3.47. The first-order chi connectivity index (χ1) is 14.2. The second-order valence-corrected chi connectivity index (χ2v) is 9.26. The smallest absolute Gasteiger partial charge is 0.177 e. The van der Waals surface area contributed by atoms with E-state index in [1.54, 1.807) is 0 Å². The molecule has 0 radical (unpaired) electrons. The number of halogens is 1. The molecule has 29 heavy (non-hydrogen) atoms. The predicted molar refractivity (Wildman–Crippen MR) is 116 cm³/mol. The lowest BCUT2D eigenvalue weighted by Gasteiger charge is -2.33. The Morgan fingerprint density at radius 1 is 1.07 bits per heavy atom. The van der Waals surface area contributed by atoms with Crippen LogP contribution in [-0.2, 0) is 9.47 Å². The largest absolute Gasteiger partial charge is 0.371 e. The molecule has 2 bridgehead atoms. The molecule has 0 N–H and O–H groups in total. The van der Waals surface area contributed by atoms with Gasteiger partial charge in [0.25, 0.3) is 0 Å². The summed E-state index contributed by atoms with van der Waals surface area (Å²) in [6.45, 7) is 2.62. The van der Waals surface area contributed by atoms with Gasteiger partial charge in [-0.25, -0.2) is 9.67 Å². The van der Waals surface area contributed by atoms with Crippen molar-refractivity contribution in [3.8, 4) is 5.82 Å². The van der Waals surface area contributed by atoms with Crippen LogP contribution in [0.5, 0.6) is 0 Å². The van der Waals surface area contributed by atoms with Crippen molar-refractivity contribution in [3.05, 3.63) is 28.1 Å². The van der Waals surface area contributed by atoms with Gasteiger partial charge in [-0.05, 0) is 60.8 Å². The van der Waals surface area contributed by atoms with E-state index in [-0.39, 0.29) is 6.23 Å². The number of hydrogen-bond donors (Lipinski definition) is 0. The number of nitrogens with zero attached hydrogens (tertiary/aromatic N) is 6. The summed E-state index contributed by atoms with van der Waals surface area (Å²) in [5.74, 6) is 1.77. The van der Waals surface area contributed by atoms with E-state index < -0.39 is 0 Å². The molecule has 6 rings (SSSR count). The summed E-state index contributed by atoms with van der Waals surface area (Å²) in [6, 6.07) is 4.15. The monoisotopic (exact) mass is 506 g/mol. The fourth-order valence-corrected chi connectivity index (χ4v) is 5.27. The quantitative estimate of drug-likeness (QED) is 0.508. The minimum atomic E-state index is 0.0202. The maximum absolute atomic E-state index is 5.99. The van der Waals surface area contributed by atoms with Crippen molar-refractivity contribution in [2.75, 3.05) is 24.6 Å². The molecule has 0 amide bonds. The van der Waals surface area contributed by atoms with Crippen LogP contribution >= 0.6 is 22.6 Å². The third-order valence-electron chi connectivity index (χ3n) is 6.11. The zero-order chi connectivity index (χ0) is 19.4. The number of aromatic nitrogens is 5. The van der Waals surface area contributed by atoms with Crippen LogP contribution in [0.15, 0.2) is 24.5 Å². The van der Waals surface area contributed by atoms with Crippen molar-refractivity contribution < 1.29 is 9.47 Å². The molecule has 3 aliphatic heterocycles. The minimum absolute atomic E-state index is 0.0202. The lowest BCUT2D eigenvalue weighted by atomic mass is 10.2. The molecular weight excluding hydrogens is 483 g/mol. The van der Waals surface area contributed by atoms with E-state index in [9.17, 15) is 0 Å². The van der Waals surface area contributed by atoms with Gasteiger partial charge in [0.2, 0.25) is 0 Å². The summed E-state index contributed by atoms with van der Waals surface area (Å²) < 4.78 is 16.8. The molecule has 0 saturated carbocycles. The predicted octanol–water partition coefficient (Wildman–Crippen LogP) is 3.29. The average molecular weight is 506 g/mol. The molecule has 9 heteroatoms. The summed E-state index contributed by atoms with van der Waals surface area (Å²) >= 11 is 2.38. The maximum atomic E-state index is 5.99. The van der Waals surface area contributed by atoms with E-state index in [1.165, 1.54) is 6.42 Å². The van der Waals surface area contributed by atoms with Gasteiger partial charge in [-0.2, -0.15) is 14.9 Å². The van der Waals surface area contributed by atoms with Gasteiger partial charge in [0, 0.05) is 35.5 Å². The topological polar surface area (TPSA) is 70.2 Å². The SMILES string of the molecule is Ic1cc(N2C[C@H]3CC[C@@H](C2)O3)nc2c1cnn2-c1ccn(C2CCCCO2)n1. The fraction of sp³-hybridized carbons (Fsp3) is 0.550. The summed E-state index contributed by atoms with van der Waals surface area (Å²) in [5.41, 5.74) is 0.848. The van der Waals surface area contributed by atoms with Crippen LogP contribution in [0.25, 0.3) is 16.9 Å². The summed E-state index contributed by atoms with van der Waals surface area (Å²) in [7, 11) is 0. The Labute approximate surface area is 182 Å². The molecule has 0 aliphatic carbocycles. The van der Waals surface area contributed by atoms with Gasteiger partial charge in [0.1, 0.15) is 12.0 Å². The second-order valence-electron chi connectivity index (χ2n) is 8.09. The van der Waals surface area contributed by atoms with Crippen LogP contribution in [0.4, 0.5) is 5.82 Å². The van der Waals surface area contributed by atoms with Crippen molar-refractivity contribution in [3.63, 3.8) is 0 Å². The molecule has 0 spiro atoms. The Bertz CT molecular complexity index is 1030. The zero-order valence-corrected chi connectivity index (χ0v) is 18.2. The molecule has 3 fully saturated rings. The van der Waals surface area contributed by atoms with Crippen molar-refractivity contribution >= 4 is 39.4 Å². The van der Waals surface area contributed by atoms with Crippen LogP contribution in [0.3, 0.4) is 0 Å².